The average Bonchev–Trinajstić information content (AvgIpc) is 2.30. The molecule has 1 aromatic carbocycles. The predicted octanol–water partition coefficient (Wildman–Crippen LogP) is 4.17. The van der Waals surface area contributed by atoms with E-state index in [1.54, 1.807) is 0 Å². The SMILES string of the molecule is OCCCCCCCCc1ccc(I)cc1. The highest BCUT2D eigenvalue weighted by Gasteiger charge is 1.94. The fourth-order valence-electron chi connectivity index (χ4n) is 1.80. The molecule has 1 N–H and O–H groups in total. The van der Waals surface area contributed by atoms with E-state index in [1.807, 2.05) is 0 Å². The number of hydrogen-bond acceptors (Lipinski definition) is 1. The molecule has 0 heterocycles. The van der Waals surface area contributed by atoms with Crippen molar-refractivity contribution in [2.45, 2.75) is 44.9 Å². The summed E-state index contributed by atoms with van der Waals surface area (Å²) in [6, 6.07) is 8.81. The van der Waals surface area contributed by atoms with Gasteiger partial charge in [-0.05, 0) is 59.5 Å². The Morgan fingerprint density at radius 1 is 0.812 bits per heavy atom. The second-order valence-electron chi connectivity index (χ2n) is 4.22. The molecule has 0 fully saturated rings. The molecule has 90 valence electrons. The molecule has 0 spiro atoms. The van der Waals surface area contributed by atoms with Gasteiger partial charge in [-0.25, -0.2) is 0 Å². The average molecular weight is 332 g/mol. The second-order valence-corrected chi connectivity index (χ2v) is 5.47. The van der Waals surface area contributed by atoms with Gasteiger partial charge in [0.25, 0.3) is 0 Å². The molecule has 0 aliphatic carbocycles. The third kappa shape index (κ3) is 6.48. The zero-order valence-corrected chi connectivity index (χ0v) is 11.9. The molecule has 0 amide bonds. The Morgan fingerprint density at radius 2 is 1.38 bits per heavy atom. The van der Waals surface area contributed by atoms with E-state index in [1.165, 1.54) is 47.7 Å². The van der Waals surface area contributed by atoms with E-state index in [4.69, 9.17) is 5.11 Å². The summed E-state index contributed by atoms with van der Waals surface area (Å²) in [4.78, 5) is 0. The zero-order chi connectivity index (χ0) is 11.6. The Labute approximate surface area is 112 Å². The van der Waals surface area contributed by atoms with Gasteiger partial charge in [0.2, 0.25) is 0 Å². The van der Waals surface area contributed by atoms with Crippen LogP contribution in [0.25, 0.3) is 0 Å². The predicted molar refractivity (Wildman–Crippen MR) is 77.7 cm³/mol. The topological polar surface area (TPSA) is 20.2 Å². The largest absolute Gasteiger partial charge is 0.396 e. The van der Waals surface area contributed by atoms with E-state index in [0.717, 1.165) is 6.42 Å². The molecule has 0 unspecified atom stereocenters. The third-order valence-electron chi connectivity index (χ3n) is 2.79. The third-order valence-corrected chi connectivity index (χ3v) is 3.51. The summed E-state index contributed by atoms with van der Waals surface area (Å²) in [5.41, 5.74) is 1.45. The normalized spacial score (nSPS) is 10.6. The Hall–Kier alpha value is -0.0900. The standard InChI is InChI=1S/C14H21IO/c15-14-10-8-13(9-11-14)7-5-3-1-2-4-6-12-16/h8-11,16H,1-7,12H2. The van der Waals surface area contributed by atoms with Crippen molar-refractivity contribution >= 4 is 22.6 Å². The molecule has 0 radical (unpaired) electrons. The molecule has 0 aliphatic heterocycles. The molecule has 0 atom stereocenters. The number of rotatable bonds is 8. The smallest absolute Gasteiger partial charge is 0.0431 e. The quantitative estimate of drug-likeness (QED) is 0.560. The number of aryl methyl sites for hydroxylation is 1. The minimum Gasteiger partial charge on any atom is -0.396 e. The number of unbranched alkanes of at least 4 members (excludes halogenated alkanes) is 5. The highest BCUT2D eigenvalue weighted by Crippen LogP contribution is 2.11. The maximum Gasteiger partial charge on any atom is 0.0431 e. The van der Waals surface area contributed by atoms with Crippen LogP contribution in [0.3, 0.4) is 0 Å². The lowest BCUT2D eigenvalue weighted by Crippen LogP contribution is -1.87. The summed E-state index contributed by atoms with van der Waals surface area (Å²) in [5, 5.41) is 8.64. The molecule has 2 heteroatoms. The number of aliphatic hydroxyl groups excluding tert-OH is 1. The van der Waals surface area contributed by atoms with Crippen molar-refractivity contribution in [2.24, 2.45) is 0 Å². The van der Waals surface area contributed by atoms with Gasteiger partial charge < -0.3 is 5.11 Å². The lowest BCUT2D eigenvalue weighted by Gasteiger charge is -2.02. The monoisotopic (exact) mass is 332 g/mol. The zero-order valence-electron chi connectivity index (χ0n) is 9.79. The molecule has 0 saturated carbocycles. The van der Waals surface area contributed by atoms with Gasteiger partial charge in [-0.1, -0.05) is 37.8 Å². The van der Waals surface area contributed by atoms with Crippen LogP contribution in [0.4, 0.5) is 0 Å². The minimum absolute atomic E-state index is 0.350. The number of aliphatic hydroxyl groups is 1. The lowest BCUT2D eigenvalue weighted by atomic mass is 10.1. The second kappa shape index (κ2) is 8.99. The number of hydrogen-bond donors (Lipinski definition) is 1. The molecular formula is C14H21IO. The minimum atomic E-state index is 0.350. The molecule has 0 aromatic heterocycles. The molecular weight excluding hydrogens is 311 g/mol. The van der Waals surface area contributed by atoms with Gasteiger partial charge >= 0.3 is 0 Å². The molecule has 1 rings (SSSR count). The fourth-order valence-corrected chi connectivity index (χ4v) is 2.16. The van der Waals surface area contributed by atoms with Crippen molar-refractivity contribution in [2.75, 3.05) is 6.61 Å². The van der Waals surface area contributed by atoms with Gasteiger partial charge in [-0.2, -0.15) is 0 Å². The summed E-state index contributed by atoms with van der Waals surface area (Å²) < 4.78 is 1.31. The van der Waals surface area contributed by atoms with E-state index >= 15 is 0 Å². The Balaban J connectivity index is 2.01. The Kier molecular flexibility index (Phi) is 7.85. The van der Waals surface area contributed by atoms with E-state index in [9.17, 15) is 0 Å². The van der Waals surface area contributed by atoms with Crippen molar-refractivity contribution in [3.63, 3.8) is 0 Å². The molecule has 0 saturated heterocycles. The summed E-state index contributed by atoms with van der Waals surface area (Å²) in [5.74, 6) is 0. The summed E-state index contributed by atoms with van der Waals surface area (Å²) >= 11 is 2.34. The highest BCUT2D eigenvalue weighted by atomic mass is 127. The number of halogens is 1. The molecule has 16 heavy (non-hydrogen) atoms. The summed E-state index contributed by atoms with van der Waals surface area (Å²) in [6.45, 7) is 0.350. The van der Waals surface area contributed by atoms with E-state index in [0.29, 0.717) is 6.61 Å². The van der Waals surface area contributed by atoms with Gasteiger partial charge in [0.1, 0.15) is 0 Å². The van der Waals surface area contributed by atoms with Crippen molar-refractivity contribution in [3.05, 3.63) is 33.4 Å². The lowest BCUT2D eigenvalue weighted by molar-refractivity contribution is 0.282. The maximum absolute atomic E-state index is 8.64. The van der Waals surface area contributed by atoms with Crippen LogP contribution < -0.4 is 0 Å². The van der Waals surface area contributed by atoms with E-state index < -0.39 is 0 Å². The van der Waals surface area contributed by atoms with Gasteiger partial charge in [-0.15, -0.1) is 0 Å². The van der Waals surface area contributed by atoms with E-state index in [2.05, 4.69) is 46.9 Å². The van der Waals surface area contributed by atoms with Gasteiger partial charge in [0.15, 0.2) is 0 Å². The van der Waals surface area contributed by atoms with Crippen LogP contribution >= 0.6 is 22.6 Å². The van der Waals surface area contributed by atoms with Crippen molar-refractivity contribution in [3.8, 4) is 0 Å². The Bertz CT molecular complexity index is 269. The van der Waals surface area contributed by atoms with Gasteiger partial charge in [0.05, 0.1) is 0 Å². The first kappa shape index (κ1) is 14.0. The Morgan fingerprint density at radius 3 is 2.00 bits per heavy atom. The van der Waals surface area contributed by atoms with Crippen LogP contribution in [-0.2, 0) is 6.42 Å². The van der Waals surface area contributed by atoms with E-state index in [-0.39, 0.29) is 0 Å². The van der Waals surface area contributed by atoms with Crippen LogP contribution in [0.15, 0.2) is 24.3 Å². The van der Waals surface area contributed by atoms with Crippen LogP contribution in [0.1, 0.15) is 44.1 Å². The van der Waals surface area contributed by atoms with Crippen LogP contribution in [0.5, 0.6) is 0 Å². The van der Waals surface area contributed by atoms with Gasteiger partial charge in [-0.3, -0.25) is 0 Å². The molecule has 0 aliphatic rings. The molecule has 1 aromatic rings. The molecule has 1 nitrogen and oxygen atoms in total. The van der Waals surface area contributed by atoms with Crippen LogP contribution in [-0.4, -0.2) is 11.7 Å². The highest BCUT2D eigenvalue weighted by molar-refractivity contribution is 14.1. The first-order valence-electron chi connectivity index (χ1n) is 6.18. The summed E-state index contributed by atoms with van der Waals surface area (Å²) in [6.07, 6.45) is 8.54. The van der Waals surface area contributed by atoms with Crippen LogP contribution in [0.2, 0.25) is 0 Å². The molecule has 0 bridgehead atoms. The number of benzene rings is 1. The fraction of sp³-hybridized carbons (Fsp3) is 0.571. The van der Waals surface area contributed by atoms with Crippen molar-refractivity contribution in [1.82, 2.24) is 0 Å². The first-order valence-corrected chi connectivity index (χ1v) is 7.26. The maximum atomic E-state index is 8.64. The van der Waals surface area contributed by atoms with Crippen molar-refractivity contribution < 1.29 is 5.11 Å². The first-order chi connectivity index (χ1) is 7.83. The van der Waals surface area contributed by atoms with Gasteiger partial charge in [0, 0.05) is 10.2 Å². The van der Waals surface area contributed by atoms with Crippen LogP contribution in [0, 0.1) is 3.57 Å². The van der Waals surface area contributed by atoms with Crippen molar-refractivity contribution in [1.29, 1.82) is 0 Å². The summed E-state index contributed by atoms with van der Waals surface area (Å²) in [7, 11) is 0.